The molecule has 1 heterocycles. The second kappa shape index (κ2) is 6.05. The van der Waals surface area contributed by atoms with Crippen LogP contribution in [0, 0.1) is 0 Å². The Hall–Kier alpha value is -1.56. The number of hydrogen-bond donors (Lipinski definition) is 1. The third kappa shape index (κ3) is 3.20. The van der Waals surface area contributed by atoms with Gasteiger partial charge in [0.2, 0.25) is 0 Å². The van der Waals surface area contributed by atoms with E-state index in [1.807, 2.05) is 25.1 Å². The van der Waals surface area contributed by atoms with Gasteiger partial charge in [0.15, 0.2) is 0 Å². The molecule has 1 unspecified atom stereocenters. The third-order valence-electron chi connectivity index (χ3n) is 3.44. The summed E-state index contributed by atoms with van der Waals surface area (Å²) in [5.74, 6) is -3.53. The number of furan rings is 1. The molecule has 0 fully saturated rings. The van der Waals surface area contributed by atoms with Gasteiger partial charge in [-0.3, -0.25) is 0 Å². The van der Waals surface area contributed by atoms with E-state index in [0.29, 0.717) is 17.8 Å². The summed E-state index contributed by atoms with van der Waals surface area (Å²) < 4.78 is 55.9. The lowest BCUT2D eigenvalue weighted by Gasteiger charge is -2.19. The predicted octanol–water partition coefficient (Wildman–Crippen LogP) is 4.55. The molecule has 0 spiro atoms. The fourth-order valence-corrected chi connectivity index (χ4v) is 2.29. The maximum Gasteiger partial charge on any atom is 0.319 e. The molecule has 0 aliphatic heterocycles. The topological polar surface area (TPSA) is 25.2 Å². The van der Waals surface area contributed by atoms with Crippen molar-refractivity contribution in [3.8, 4) is 0 Å². The summed E-state index contributed by atoms with van der Waals surface area (Å²) in [5.41, 5.74) is 1.57. The molecule has 1 N–H and O–H groups in total. The van der Waals surface area contributed by atoms with E-state index in [-0.39, 0.29) is 0 Å². The van der Waals surface area contributed by atoms with Crippen molar-refractivity contribution in [2.75, 3.05) is 6.54 Å². The molecule has 0 saturated heterocycles. The lowest BCUT2D eigenvalue weighted by Crippen LogP contribution is -2.39. The van der Waals surface area contributed by atoms with Gasteiger partial charge in [0.1, 0.15) is 11.3 Å². The smallest absolute Gasteiger partial charge is 0.319 e. The Bertz CT molecular complexity index is 609. The summed E-state index contributed by atoms with van der Waals surface area (Å²) >= 11 is 0. The first-order valence-electron chi connectivity index (χ1n) is 6.76. The van der Waals surface area contributed by atoms with Crippen LogP contribution in [0.4, 0.5) is 17.6 Å². The van der Waals surface area contributed by atoms with E-state index in [9.17, 15) is 17.6 Å². The maximum atomic E-state index is 13.0. The maximum absolute atomic E-state index is 13.0. The highest BCUT2D eigenvalue weighted by Crippen LogP contribution is 2.31. The SMILES string of the molecule is CCc1c(C(C)NCC(F)(F)C(F)F)oc2ccccc12. The number of hydrogen-bond acceptors (Lipinski definition) is 2. The number of alkyl halides is 4. The van der Waals surface area contributed by atoms with Gasteiger partial charge < -0.3 is 9.73 Å². The molecule has 0 bridgehead atoms. The average Bonchev–Trinajstić information content (AvgIpc) is 2.83. The third-order valence-corrected chi connectivity index (χ3v) is 3.44. The highest BCUT2D eigenvalue weighted by Gasteiger charge is 2.40. The van der Waals surface area contributed by atoms with Crippen LogP contribution in [0.15, 0.2) is 28.7 Å². The quantitative estimate of drug-likeness (QED) is 0.792. The number of benzene rings is 1. The van der Waals surface area contributed by atoms with Gasteiger partial charge in [-0.1, -0.05) is 25.1 Å². The number of halogens is 4. The van der Waals surface area contributed by atoms with E-state index in [4.69, 9.17) is 4.42 Å². The van der Waals surface area contributed by atoms with Gasteiger partial charge in [-0.05, 0) is 19.4 Å². The minimum atomic E-state index is -4.05. The minimum absolute atomic E-state index is 0.517. The molecule has 2 rings (SSSR count). The Morgan fingerprint density at radius 1 is 1.24 bits per heavy atom. The number of nitrogens with one attached hydrogen (secondary N) is 1. The van der Waals surface area contributed by atoms with Crippen LogP contribution in [0.3, 0.4) is 0 Å². The van der Waals surface area contributed by atoms with Crippen LogP contribution in [-0.2, 0) is 6.42 Å². The number of para-hydroxylation sites is 1. The Balaban J connectivity index is 2.21. The predicted molar refractivity (Wildman–Crippen MR) is 73.0 cm³/mol. The van der Waals surface area contributed by atoms with Crippen molar-refractivity contribution >= 4 is 11.0 Å². The Labute approximate surface area is 120 Å². The van der Waals surface area contributed by atoms with Gasteiger partial charge in [-0.15, -0.1) is 0 Å². The Kier molecular flexibility index (Phi) is 4.56. The summed E-state index contributed by atoms with van der Waals surface area (Å²) in [5, 5.41) is 3.35. The molecule has 116 valence electrons. The summed E-state index contributed by atoms with van der Waals surface area (Å²) in [6, 6.07) is 6.79. The highest BCUT2D eigenvalue weighted by atomic mass is 19.3. The molecule has 2 nitrogen and oxygen atoms in total. The van der Waals surface area contributed by atoms with Gasteiger partial charge in [0.25, 0.3) is 0 Å². The van der Waals surface area contributed by atoms with Gasteiger partial charge in [0, 0.05) is 10.9 Å². The summed E-state index contributed by atoms with van der Waals surface area (Å²) in [4.78, 5) is 0. The fourth-order valence-electron chi connectivity index (χ4n) is 2.29. The molecule has 1 atom stereocenters. The largest absolute Gasteiger partial charge is 0.459 e. The van der Waals surface area contributed by atoms with Crippen LogP contribution in [0.2, 0.25) is 0 Å². The van der Waals surface area contributed by atoms with Crippen LogP contribution in [0.25, 0.3) is 11.0 Å². The van der Waals surface area contributed by atoms with Gasteiger partial charge in [-0.2, -0.15) is 8.78 Å². The lowest BCUT2D eigenvalue weighted by atomic mass is 10.0. The first-order chi connectivity index (χ1) is 9.86. The van der Waals surface area contributed by atoms with Crippen molar-refractivity contribution in [1.29, 1.82) is 0 Å². The molecular weight excluding hydrogens is 286 g/mol. The Morgan fingerprint density at radius 3 is 2.52 bits per heavy atom. The molecule has 0 radical (unpaired) electrons. The van der Waals surface area contributed by atoms with E-state index in [1.165, 1.54) is 0 Å². The van der Waals surface area contributed by atoms with Crippen molar-refractivity contribution in [3.63, 3.8) is 0 Å². The van der Waals surface area contributed by atoms with E-state index >= 15 is 0 Å². The standard InChI is InChI=1S/C15H17F4NO/c1-3-10-11-6-4-5-7-12(11)21-13(10)9(2)20-8-15(18,19)14(16)17/h4-7,9,14,20H,3,8H2,1-2H3. The first kappa shape index (κ1) is 15.8. The van der Waals surface area contributed by atoms with Crippen LogP contribution < -0.4 is 5.32 Å². The van der Waals surface area contributed by atoms with Crippen LogP contribution in [0.1, 0.15) is 31.2 Å². The van der Waals surface area contributed by atoms with Crippen LogP contribution in [0.5, 0.6) is 0 Å². The second-order valence-electron chi connectivity index (χ2n) is 4.96. The lowest BCUT2D eigenvalue weighted by molar-refractivity contribution is -0.126. The molecule has 0 aliphatic rings. The molecule has 1 aromatic carbocycles. The molecular formula is C15H17F4NO. The van der Waals surface area contributed by atoms with Crippen LogP contribution >= 0.6 is 0 Å². The van der Waals surface area contributed by atoms with E-state index in [1.54, 1.807) is 13.0 Å². The van der Waals surface area contributed by atoms with Gasteiger partial charge >= 0.3 is 12.3 Å². The van der Waals surface area contributed by atoms with E-state index in [0.717, 1.165) is 10.9 Å². The van der Waals surface area contributed by atoms with Gasteiger partial charge in [-0.25, -0.2) is 8.78 Å². The molecule has 21 heavy (non-hydrogen) atoms. The summed E-state index contributed by atoms with van der Waals surface area (Å²) in [6.45, 7) is 2.46. The minimum Gasteiger partial charge on any atom is -0.459 e. The number of aryl methyl sites for hydroxylation is 1. The van der Waals surface area contributed by atoms with Crippen molar-refractivity contribution in [1.82, 2.24) is 5.32 Å². The highest BCUT2D eigenvalue weighted by molar-refractivity contribution is 5.82. The Morgan fingerprint density at radius 2 is 1.90 bits per heavy atom. The molecule has 0 amide bonds. The van der Waals surface area contributed by atoms with Crippen LogP contribution in [-0.4, -0.2) is 18.9 Å². The van der Waals surface area contributed by atoms with E-state index < -0.39 is 24.9 Å². The van der Waals surface area contributed by atoms with Crippen molar-refractivity contribution in [3.05, 3.63) is 35.6 Å². The summed E-state index contributed by atoms with van der Waals surface area (Å²) in [7, 11) is 0. The molecule has 0 saturated carbocycles. The zero-order valence-electron chi connectivity index (χ0n) is 11.8. The number of rotatable bonds is 6. The molecule has 1 aromatic heterocycles. The molecule has 6 heteroatoms. The first-order valence-corrected chi connectivity index (χ1v) is 6.76. The van der Waals surface area contributed by atoms with Crippen molar-refractivity contribution in [2.45, 2.75) is 38.7 Å². The molecule has 2 aromatic rings. The molecule has 0 aliphatic carbocycles. The second-order valence-corrected chi connectivity index (χ2v) is 4.96. The monoisotopic (exact) mass is 303 g/mol. The average molecular weight is 303 g/mol. The zero-order valence-corrected chi connectivity index (χ0v) is 11.8. The van der Waals surface area contributed by atoms with Crippen molar-refractivity contribution in [2.24, 2.45) is 0 Å². The summed E-state index contributed by atoms with van der Waals surface area (Å²) in [6.07, 6.45) is -3.01. The zero-order chi connectivity index (χ0) is 15.6. The fraction of sp³-hybridized carbons (Fsp3) is 0.467. The number of fused-ring (bicyclic) bond motifs is 1. The van der Waals surface area contributed by atoms with Gasteiger partial charge in [0.05, 0.1) is 12.6 Å². The van der Waals surface area contributed by atoms with Crippen molar-refractivity contribution < 1.29 is 22.0 Å². The van der Waals surface area contributed by atoms with E-state index in [2.05, 4.69) is 5.32 Å². The normalized spacial score (nSPS) is 14.0.